The lowest BCUT2D eigenvalue weighted by molar-refractivity contribution is 0.103. The van der Waals surface area contributed by atoms with E-state index in [1.54, 1.807) is 0 Å². The van der Waals surface area contributed by atoms with Crippen molar-refractivity contribution in [3.05, 3.63) is 69.0 Å². The Labute approximate surface area is 116 Å². The Morgan fingerprint density at radius 2 is 1.53 bits per heavy atom. The van der Waals surface area contributed by atoms with Crippen molar-refractivity contribution < 1.29 is 18.0 Å². The third-order valence-corrected chi connectivity index (χ3v) is 2.97. The van der Waals surface area contributed by atoms with Gasteiger partial charge in [0.15, 0.2) is 23.2 Å². The highest BCUT2D eigenvalue weighted by Gasteiger charge is 2.18. The molecule has 0 saturated carbocycles. The molecule has 0 N–H and O–H groups in total. The van der Waals surface area contributed by atoms with Gasteiger partial charge in [0.25, 0.3) is 0 Å². The van der Waals surface area contributed by atoms with Gasteiger partial charge in [-0.2, -0.15) is 0 Å². The van der Waals surface area contributed by atoms with Crippen LogP contribution in [-0.2, 0) is 0 Å². The summed E-state index contributed by atoms with van der Waals surface area (Å²) in [5, 5.41) is 0.362. The fourth-order valence-corrected chi connectivity index (χ4v) is 2.01. The number of halogens is 5. The van der Waals surface area contributed by atoms with Crippen molar-refractivity contribution >= 4 is 29.0 Å². The molecule has 2 rings (SSSR count). The van der Waals surface area contributed by atoms with E-state index >= 15 is 0 Å². The van der Waals surface area contributed by atoms with E-state index in [2.05, 4.69) is 0 Å². The van der Waals surface area contributed by atoms with E-state index < -0.39 is 23.2 Å². The number of ketones is 1. The lowest BCUT2D eigenvalue weighted by atomic mass is 10.0. The highest BCUT2D eigenvalue weighted by Crippen LogP contribution is 2.24. The zero-order valence-corrected chi connectivity index (χ0v) is 10.7. The minimum atomic E-state index is -1.63. The first-order chi connectivity index (χ1) is 8.90. The molecule has 0 fully saturated rings. The van der Waals surface area contributed by atoms with Crippen LogP contribution in [0.15, 0.2) is 30.3 Å². The molecule has 0 unspecified atom stereocenters. The van der Waals surface area contributed by atoms with Crippen LogP contribution in [0.4, 0.5) is 13.2 Å². The molecule has 19 heavy (non-hydrogen) atoms. The van der Waals surface area contributed by atoms with E-state index in [1.165, 1.54) is 18.2 Å². The van der Waals surface area contributed by atoms with Gasteiger partial charge < -0.3 is 0 Å². The summed E-state index contributed by atoms with van der Waals surface area (Å²) < 4.78 is 38.9. The van der Waals surface area contributed by atoms with Crippen LogP contribution in [0.2, 0.25) is 10.0 Å². The van der Waals surface area contributed by atoms with E-state index in [-0.39, 0.29) is 16.1 Å². The molecule has 2 aromatic rings. The topological polar surface area (TPSA) is 17.1 Å². The summed E-state index contributed by atoms with van der Waals surface area (Å²) in [6, 6.07) is 5.30. The van der Waals surface area contributed by atoms with E-state index in [4.69, 9.17) is 23.2 Å². The fourth-order valence-electron chi connectivity index (χ4n) is 1.52. The zero-order valence-electron chi connectivity index (χ0n) is 9.18. The number of rotatable bonds is 2. The van der Waals surface area contributed by atoms with Crippen LogP contribution in [0.5, 0.6) is 0 Å². The van der Waals surface area contributed by atoms with E-state index in [0.717, 1.165) is 0 Å². The summed E-state index contributed by atoms with van der Waals surface area (Å²) in [7, 11) is 0. The maximum Gasteiger partial charge on any atom is 0.194 e. The molecule has 0 bridgehead atoms. The summed E-state index contributed by atoms with van der Waals surface area (Å²) >= 11 is 11.5. The Morgan fingerprint density at radius 3 is 2.05 bits per heavy atom. The molecule has 0 aliphatic heterocycles. The summed E-state index contributed by atoms with van der Waals surface area (Å²) in [6.07, 6.45) is 0. The molecule has 1 nitrogen and oxygen atoms in total. The van der Waals surface area contributed by atoms with E-state index in [0.29, 0.717) is 17.2 Å². The second-order valence-corrected chi connectivity index (χ2v) is 4.55. The van der Waals surface area contributed by atoms with Gasteiger partial charge in [-0.25, -0.2) is 13.2 Å². The third kappa shape index (κ3) is 2.74. The molecule has 0 aliphatic rings. The molecule has 6 heteroatoms. The second kappa shape index (κ2) is 5.23. The molecule has 0 spiro atoms. The average Bonchev–Trinajstić information content (AvgIpc) is 2.34. The highest BCUT2D eigenvalue weighted by molar-refractivity contribution is 6.37. The minimum absolute atomic E-state index is 0.0245. The summed E-state index contributed by atoms with van der Waals surface area (Å²) in [4.78, 5) is 12.0. The van der Waals surface area contributed by atoms with Crippen LogP contribution in [0.3, 0.4) is 0 Å². The Morgan fingerprint density at radius 1 is 0.947 bits per heavy atom. The second-order valence-electron chi connectivity index (χ2n) is 3.71. The molecule has 0 atom stereocenters. The Balaban J connectivity index is 2.50. The van der Waals surface area contributed by atoms with Gasteiger partial charge in [0, 0.05) is 16.1 Å². The van der Waals surface area contributed by atoms with E-state index in [9.17, 15) is 18.0 Å². The first-order valence-corrected chi connectivity index (χ1v) is 5.80. The first kappa shape index (κ1) is 13.9. The van der Waals surface area contributed by atoms with Crippen molar-refractivity contribution in [2.24, 2.45) is 0 Å². The number of benzene rings is 2. The van der Waals surface area contributed by atoms with Crippen LogP contribution in [0.1, 0.15) is 15.9 Å². The smallest absolute Gasteiger partial charge is 0.194 e. The molecule has 98 valence electrons. The lowest BCUT2D eigenvalue weighted by Gasteiger charge is -2.05. The maximum atomic E-state index is 13.1. The Bertz CT molecular complexity index is 648. The fraction of sp³-hybridized carbons (Fsp3) is 0. The molecule has 0 aliphatic carbocycles. The van der Waals surface area contributed by atoms with Gasteiger partial charge in [-0.3, -0.25) is 4.79 Å². The third-order valence-electron chi connectivity index (χ3n) is 2.42. The van der Waals surface area contributed by atoms with Crippen molar-refractivity contribution in [2.75, 3.05) is 0 Å². The van der Waals surface area contributed by atoms with Crippen molar-refractivity contribution in [1.82, 2.24) is 0 Å². The van der Waals surface area contributed by atoms with Crippen LogP contribution in [0, 0.1) is 17.5 Å². The first-order valence-electron chi connectivity index (χ1n) is 5.04. The summed E-state index contributed by atoms with van der Waals surface area (Å²) in [6.45, 7) is 0. The zero-order chi connectivity index (χ0) is 14.2. The molecule has 0 heterocycles. The van der Waals surface area contributed by atoms with Crippen molar-refractivity contribution in [2.45, 2.75) is 0 Å². The number of carbonyl (C=O) groups is 1. The van der Waals surface area contributed by atoms with Gasteiger partial charge in [0.2, 0.25) is 0 Å². The van der Waals surface area contributed by atoms with Crippen molar-refractivity contribution in [1.29, 1.82) is 0 Å². The Kier molecular flexibility index (Phi) is 3.83. The minimum Gasteiger partial charge on any atom is -0.289 e. The summed E-state index contributed by atoms with van der Waals surface area (Å²) in [5.41, 5.74) is -0.308. The summed E-state index contributed by atoms with van der Waals surface area (Å²) in [5.74, 6) is -5.22. The number of carbonyl (C=O) groups excluding carboxylic acids is 1. The molecular formula is C13H5Cl2F3O. The Hall–Kier alpha value is -1.52. The maximum absolute atomic E-state index is 13.1. The number of hydrogen-bond donors (Lipinski definition) is 0. The van der Waals surface area contributed by atoms with Gasteiger partial charge in [-0.15, -0.1) is 0 Å². The largest absolute Gasteiger partial charge is 0.289 e. The van der Waals surface area contributed by atoms with Crippen LogP contribution >= 0.6 is 23.2 Å². The molecule has 0 saturated heterocycles. The molecule has 0 amide bonds. The normalized spacial score (nSPS) is 10.6. The predicted molar refractivity (Wildman–Crippen MR) is 66.2 cm³/mol. The quantitative estimate of drug-likeness (QED) is 0.583. The molecule has 0 radical (unpaired) electrons. The standard InChI is InChI=1S/C13H5Cl2F3O/c14-7-1-2-8(9(15)5-7)13(19)6-3-10(16)12(18)11(17)4-6/h1-5H. The van der Waals surface area contributed by atoms with E-state index in [1.807, 2.05) is 0 Å². The predicted octanol–water partition coefficient (Wildman–Crippen LogP) is 4.64. The number of hydrogen-bond acceptors (Lipinski definition) is 1. The van der Waals surface area contributed by atoms with Crippen LogP contribution in [-0.4, -0.2) is 5.78 Å². The van der Waals surface area contributed by atoms with Crippen molar-refractivity contribution in [3.8, 4) is 0 Å². The van der Waals surface area contributed by atoms with Gasteiger partial charge in [-0.05, 0) is 30.3 Å². The monoisotopic (exact) mass is 304 g/mol. The van der Waals surface area contributed by atoms with Gasteiger partial charge >= 0.3 is 0 Å². The van der Waals surface area contributed by atoms with Crippen molar-refractivity contribution in [3.63, 3.8) is 0 Å². The highest BCUT2D eigenvalue weighted by atomic mass is 35.5. The van der Waals surface area contributed by atoms with Crippen LogP contribution < -0.4 is 0 Å². The van der Waals surface area contributed by atoms with Gasteiger partial charge in [0.05, 0.1) is 5.02 Å². The lowest BCUT2D eigenvalue weighted by Crippen LogP contribution is -2.05. The molecule has 2 aromatic carbocycles. The molecular weight excluding hydrogens is 300 g/mol. The van der Waals surface area contributed by atoms with Gasteiger partial charge in [-0.1, -0.05) is 23.2 Å². The van der Waals surface area contributed by atoms with Gasteiger partial charge in [0.1, 0.15) is 0 Å². The molecule has 0 aromatic heterocycles. The SMILES string of the molecule is O=C(c1cc(F)c(F)c(F)c1)c1ccc(Cl)cc1Cl. The van der Waals surface area contributed by atoms with Crippen LogP contribution in [0.25, 0.3) is 0 Å². The average molecular weight is 305 g/mol.